The van der Waals surface area contributed by atoms with Gasteiger partial charge in [0, 0.05) is 0 Å². The highest BCUT2D eigenvalue weighted by Gasteiger charge is 2.28. The van der Waals surface area contributed by atoms with E-state index < -0.39 is 6.04 Å². The summed E-state index contributed by atoms with van der Waals surface area (Å²) in [5.74, 6) is 0.346. The van der Waals surface area contributed by atoms with Gasteiger partial charge in [0.15, 0.2) is 0 Å². The van der Waals surface area contributed by atoms with Crippen LogP contribution in [0.2, 0.25) is 0 Å². The first-order valence-corrected chi connectivity index (χ1v) is 6.89. The van der Waals surface area contributed by atoms with Crippen molar-refractivity contribution < 1.29 is 5.11 Å². The summed E-state index contributed by atoms with van der Waals surface area (Å²) >= 11 is 0. The van der Waals surface area contributed by atoms with E-state index in [2.05, 4.69) is 9.97 Å². The lowest BCUT2D eigenvalue weighted by Crippen LogP contribution is -2.31. The van der Waals surface area contributed by atoms with Gasteiger partial charge in [-0.1, -0.05) is 33.6 Å². The van der Waals surface area contributed by atoms with E-state index in [1.54, 1.807) is 0 Å². The number of hydrogen-bond acceptors (Lipinski definition) is 4. The van der Waals surface area contributed by atoms with E-state index in [9.17, 15) is 9.90 Å². The molecule has 1 saturated carbocycles. The molecule has 5 nitrogen and oxygen atoms in total. The smallest absolute Gasteiger partial charge is 0.258 e. The second-order valence-electron chi connectivity index (χ2n) is 6.51. The first-order chi connectivity index (χ1) is 8.80. The third-order valence-corrected chi connectivity index (χ3v) is 3.94. The Balaban J connectivity index is 2.39. The Morgan fingerprint density at radius 1 is 1.37 bits per heavy atom. The SMILES string of the molecule is CC(C)(C)C(N)c1nc(O)c(C2CCCC2)c(=O)[nH]1. The molecule has 1 fully saturated rings. The van der Waals surface area contributed by atoms with Crippen LogP contribution in [0.5, 0.6) is 5.88 Å². The summed E-state index contributed by atoms with van der Waals surface area (Å²) in [7, 11) is 0. The maximum absolute atomic E-state index is 12.2. The maximum Gasteiger partial charge on any atom is 0.258 e. The van der Waals surface area contributed by atoms with Crippen LogP contribution in [-0.4, -0.2) is 15.1 Å². The van der Waals surface area contributed by atoms with Crippen molar-refractivity contribution in [2.45, 2.75) is 58.4 Å². The van der Waals surface area contributed by atoms with Gasteiger partial charge in [0.2, 0.25) is 5.88 Å². The summed E-state index contributed by atoms with van der Waals surface area (Å²) in [6.45, 7) is 5.92. The van der Waals surface area contributed by atoms with E-state index in [0.717, 1.165) is 25.7 Å². The summed E-state index contributed by atoms with van der Waals surface area (Å²) < 4.78 is 0. The van der Waals surface area contributed by atoms with Crippen LogP contribution in [0.4, 0.5) is 0 Å². The zero-order chi connectivity index (χ0) is 14.2. The highest BCUT2D eigenvalue weighted by Crippen LogP contribution is 2.36. The molecule has 0 radical (unpaired) electrons. The molecular formula is C14H23N3O2. The number of H-pyrrole nitrogens is 1. The van der Waals surface area contributed by atoms with Crippen molar-refractivity contribution in [3.8, 4) is 5.88 Å². The Morgan fingerprint density at radius 3 is 2.42 bits per heavy atom. The van der Waals surface area contributed by atoms with Crippen molar-refractivity contribution >= 4 is 0 Å². The van der Waals surface area contributed by atoms with Crippen LogP contribution in [0, 0.1) is 5.41 Å². The topological polar surface area (TPSA) is 92.0 Å². The van der Waals surface area contributed by atoms with E-state index >= 15 is 0 Å². The van der Waals surface area contributed by atoms with Crippen molar-refractivity contribution in [3.05, 3.63) is 21.7 Å². The monoisotopic (exact) mass is 265 g/mol. The average Bonchev–Trinajstić information content (AvgIpc) is 2.79. The van der Waals surface area contributed by atoms with Crippen LogP contribution in [0.25, 0.3) is 0 Å². The lowest BCUT2D eigenvalue weighted by molar-refractivity contribution is 0.310. The van der Waals surface area contributed by atoms with Crippen LogP contribution in [0.15, 0.2) is 4.79 Å². The molecule has 0 aliphatic heterocycles. The van der Waals surface area contributed by atoms with E-state index in [-0.39, 0.29) is 22.8 Å². The van der Waals surface area contributed by atoms with Gasteiger partial charge in [-0.25, -0.2) is 0 Å². The van der Waals surface area contributed by atoms with Gasteiger partial charge in [0.1, 0.15) is 5.82 Å². The predicted molar refractivity (Wildman–Crippen MR) is 74.1 cm³/mol. The molecule has 0 spiro atoms. The normalized spacial score (nSPS) is 18.7. The number of nitrogens with two attached hydrogens (primary N) is 1. The standard InChI is InChI=1S/C14H23N3O2/c1-14(2,3)10(15)11-16-12(18)9(13(19)17-11)8-6-4-5-7-8/h8,10H,4-7,15H2,1-3H3,(H2,16,17,18,19). The minimum absolute atomic E-state index is 0.135. The van der Waals surface area contributed by atoms with Gasteiger partial charge >= 0.3 is 0 Å². The molecule has 5 heteroatoms. The molecule has 1 aliphatic rings. The summed E-state index contributed by atoms with van der Waals surface area (Å²) in [6.07, 6.45) is 4.10. The van der Waals surface area contributed by atoms with Gasteiger partial charge in [-0.2, -0.15) is 4.98 Å². The summed E-state index contributed by atoms with van der Waals surface area (Å²) in [5.41, 5.74) is 6.04. The van der Waals surface area contributed by atoms with Crippen molar-refractivity contribution in [2.24, 2.45) is 11.1 Å². The molecule has 4 N–H and O–H groups in total. The maximum atomic E-state index is 12.2. The van der Waals surface area contributed by atoms with Gasteiger partial charge in [0.25, 0.3) is 5.56 Å². The van der Waals surface area contributed by atoms with Gasteiger partial charge in [-0.3, -0.25) is 4.79 Å². The van der Waals surface area contributed by atoms with Crippen molar-refractivity contribution in [1.29, 1.82) is 0 Å². The third kappa shape index (κ3) is 2.81. The van der Waals surface area contributed by atoms with Gasteiger partial charge in [-0.05, 0) is 24.2 Å². The van der Waals surface area contributed by atoms with E-state index in [1.807, 2.05) is 20.8 Å². The first-order valence-electron chi connectivity index (χ1n) is 6.89. The molecule has 1 aliphatic carbocycles. The largest absolute Gasteiger partial charge is 0.493 e. The molecule has 1 unspecified atom stereocenters. The van der Waals surface area contributed by atoms with Crippen LogP contribution >= 0.6 is 0 Å². The molecule has 0 bridgehead atoms. The fraction of sp³-hybridized carbons (Fsp3) is 0.714. The molecule has 0 saturated heterocycles. The Hall–Kier alpha value is -1.36. The van der Waals surface area contributed by atoms with E-state index in [4.69, 9.17) is 5.73 Å². The van der Waals surface area contributed by atoms with Gasteiger partial charge in [0.05, 0.1) is 11.6 Å². The zero-order valence-corrected chi connectivity index (χ0v) is 11.9. The molecule has 1 atom stereocenters. The Labute approximate surface area is 113 Å². The molecule has 0 aromatic carbocycles. The fourth-order valence-electron chi connectivity index (χ4n) is 2.63. The number of nitrogens with one attached hydrogen (secondary N) is 1. The summed E-state index contributed by atoms with van der Waals surface area (Å²) in [5, 5.41) is 10.1. The van der Waals surface area contributed by atoms with Crippen molar-refractivity contribution in [2.75, 3.05) is 0 Å². The summed E-state index contributed by atoms with van der Waals surface area (Å²) in [4.78, 5) is 19.0. The number of hydrogen-bond donors (Lipinski definition) is 3. The second-order valence-corrected chi connectivity index (χ2v) is 6.51. The number of nitrogens with zero attached hydrogens (tertiary/aromatic N) is 1. The molecule has 1 aromatic heterocycles. The average molecular weight is 265 g/mol. The molecule has 19 heavy (non-hydrogen) atoms. The number of aromatic hydroxyl groups is 1. The molecule has 2 rings (SSSR count). The van der Waals surface area contributed by atoms with E-state index in [0.29, 0.717) is 11.4 Å². The van der Waals surface area contributed by atoms with Crippen LogP contribution in [0.1, 0.15) is 69.8 Å². The van der Waals surface area contributed by atoms with Gasteiger partial charge in [-0.15, -0.1) is 0 Å². The molecular weight excluding hydrogens is 242 g/mol. The third-order valence-electron chi connectivity index (χ3n) is 3.94. The highest BCUT2D eigenvalue weighted by atomic mass is 16.3. The van der Waals surface area contributed by atoms with E-state index in [1.165, 1.54) is 0 Å². The Kier molecular flexibility index (Phi) is 3.67. The Bertz CT molecular complexity index is 510. The Morgan fingerprint density at radius 2 is 1.95 bits per heavy atom. The molecule has 1 aromatic rings. The summed E-state index contributed by atoms with van der Waals surface area (Å²) in [6, 6.07) is -0.413. The lowest BCUT2D eigenvalue weighted by atomic mass is 9.87. The number of aromatic nitrogens is 2. The van der Waals surface area contributed by atoms with Crippen LogP contribution in [-0.2, 0) is 0 Å². The minimum Gasteiger partial charge on any atom is -0.493 e. The molecule has 1 heterocycles. The first kappa shape index (κ1) is 14.1. The second kappa shape index (κ2) is 4.96. The van der Waals surface area contributed by atoms with Crippen LogP contribution < -0.4 is 11.3 Å². The zero-order valence-electron chi connectivity index (χ0n) is 11.9. The fourth-order valence-corrected chi connectivity index (χ4v) is 2.63. The molecule has 0 amide bonds. The minimum atomic E-state index is -0.413. The molecule has 106 valence electrons. The van der Waals surface area contributed by atoms with Crippen molar-refractivity contribution in [3.63, 3.8) is 0 Å². The van der Waals surface area contributed by atoms with Crippen molar-refractivity contribution in [1.82, 2.24) is 9.97 Å². The van der Waals surface area contributed by atoms with Crippen LogP contribution in [0.3, 0.4) is 0 Å². The highest BCUT2D eigenvalue weighted by molar-refractivity contribution is 5.28. The predicted octanol–water partition coefficient (Wildman–Crippen LogP) is 2.18. The quantitative estimate of drug-likeness (QED) is 0.764. The lowest BCUT2D eigenvalue weighted by Gasteiger charge is -2.26. The number of aromatic amines is 1. The number of rotatable bonds is 2. The van der Waals surface area contributed by atoms with Gasteiger partial charge < -0.3 is 15.8 Å².